The third-order valence-corrected chi connectivity index (χ3v) is 4.42. The van der Waals surface area contributed by atoms with Gasteiger partial charge in [0.25, 0.3) is 0 Å². The summed E-state index contributed by atoms with van der Waals surface area (Å²) in [7, 11) is 1.25. The average Bonchev–Trinajstić information content (AvgIpc) is 2.61. The summed E-state index contributed by atoms with van der Waals surface area (Å²) in [6.07, 6.45) is 0.551. The van der Waals surface area contributed by atoms with E-state index in [1.54, 1.807) is 12.1 Å². The molecule has 0 saturated carbocycles. The molecule has 0 aliphatic rings. The van der Waals surface area contributed by atoms with Gasteiger partial charge < -0.3 is 13.3 Å². The van der Waals surface area contributed by atoms with Crippen LogP contribution in [0.3, 0.4) is 0 Å². The number of benzene rings is 2. The molecular formula is C16H15F4O3Si. The summed E-state index contributed by atoms with van der Waals surface area (Å²) in [6.45, 7) is 0.365. The zero-order valence-electron chi connectivity index (χ0n) is 13.0. The Hall–Kier alpha value is -1.74. The van der Waals surface area contributed by atoms with Gasteiger partial charge in [0.2, 0.25) is 0 Å². The number of rotatable bonds is 7. The van der Waals surface area contributed by atoms with Crippen LogP contribution < -0.4 is 0 Å². The molecule has 1 radical (unpaired) electrons. The van der Waals surface area contributed by atoms with E-state index in [1.165, 1.54) is 26.4 Å². The minimum atomic E-state index is -1.82. The van der Waals surface area contributed by atoms with Crippen LogP contribution >= 0.6 is 0 Å². The van der Waals surface area contributed by atoms with E-state index in [9.17, 15) is 17.6 Å². The molecule has 2 aromatic carbocycles. The first-order valence-electron chi connectivity index (χ1n) is 6.98. The van der Waals surface area contributed by atoms with Crippen molar-refractivity contribution >= 4 is 9.53 Å². The van der Waals surface area contributed by atoms with Gasteiger partial charge in [0.05, 0.1) is 0 Å². The molecule has 0 N–H and O–H groups in total. The van der Waals surface area contributed by atoms with Crippen molar-refractivity contribution in [2.75, 3.05) is 20.8 Å². The predicted octanol–water partition coefficient (Wildman–Crippen LogP) is 3.75. The molecule has 0 spiro atoms. The van der Waals surface area contributed by atoms with Gasteiger partial charge >= 0.3 is 9.53 Å². The van der Waals surface area contributed by atoms with Gasteiger partial charge in [-0.15, -0.1) is 0 Å². The zero-order chi connectivity index (χ0) is 17.7. The molecule has 0 saturated heterocycles. The third-order valence-electron chi connectivity index (χ3n) is 3.31. The van der Waals surface area contributed by atoms with Gasteiger partial charge in [0, 0.05) is 26.4 Å². The minimum absolute atomic E-state index is 0.244. The second-order valence-corrected chi connectivity index (χ2v) is 6.41. The Morgan fingerprint density at radius 3 is 2.08 bits per heavy atom. The average molecular weight is 359 g/mol. The van der Waals surface area contributed by atoms with Gasteiger partial charge in [-0.1, -0.05) is 24.3 Å². The van der Waals surface area contributed by atoms with Crippen molar-refractivity contribution in [3.63, 3.8) is 0 Å². The SMILES string of the molecule is CO[Si](OC)OCCc1ccc(-c2cc(F)c(F)c(F)c2F)cc1. The summed E-state index contributed by atoms with van der Waals surface area (Å²) in [5.41, 5.74) is 0.780. The largest absolute Gasteiger partial charge is 0.577 e. The van der Waals surface area contributed by atoms with Crippen LogP contribution in [0.4, 0.5) is 17.6 Å². The molecule has 129 valence electrons. The van der Waals surface area contributed by atoms with Gasteiger partial charge in [0.1, 0.15) is 0 Å². The number of hydrogen-bond donors (Lipinski definition) is 0. The monoisotopic (exact) mass is 359 g/mol. The third kappa shape index (κ3) is 4.21. The molecule has 3 nitrogen and oxygen atoms in total. The molecule has 8 heteroatoms. The zero-order valence-corrected chi connectivity index (χ0v) is 14.0. The van der Waals surface area contributed by atoms with Crippen molar-refractivity contribution in [1.29, 1.82) is 0 Å². The molecule has 0 aromatic heterocycles. The lowest BCUT2D eigenvalue weighted by atomic mass is 10.0. The van der Waals surface area contributed by atoms with Crippen LogP contribution in [-0.4, -0.2) is 30.4 Å². The summed E-state index contributed by atoms with van der Waals surface area (Å²) in [6, 6.07) is 6.98. The van der Waals surface area contributed by atoms with Crippen LogP contribution in [0.1, 0.15) is 5.56 Å². The van der Waals surface area contributed by atoms with E-state index >= 15 is 0 Å². The lowest BCUT2D eigenvalue weighted by Crippen LogP contribution is -2.24. The van der Waals surface area contributed by atoms with E-state index in [0.29, 0.717) is 19.1 Å². The first-order valence-corrected chi connectivity index (χ1v) is 8.20. The molecule has 0 unspecified atom stereocenters. The summed E-state index contributed by atoms with van der Waals surface area (Å²) in [5, 5.41) is 0. The Morgan fingerprint density at radius 2 is 1.50 bits per heavy atom. The van der Waals surface area contributed by atoms with E-state index in [1.807, 2.05) is 0 Å². The van der Waals surface area contributed by atoms with Gasteiger partial charge in [-0.25, -0.2) is 17.6 Å². The highest BCUT2D eigenvalue weighted by Crippen LogP contribution is 2.28. The Morgan fingerprint density at radius 1 is 0.875 bits per heavy atom. The van der Waals surface area contributed by atoms with Crippen molar-refractivity contribution in [3.8, 4) is 11.1 Å². The topological polar surface area (TPSA) is 27.7 Å². The van der Waals surface area contributed by atoms with E-state index in [2.05, 4.69) is 0 Å². The van der Waals surface area contributed by atoms with Crippen LogP contribution in [0.15, 0.2) is 30.3 Å². The fraction of sp³-hybridized carbons (Fsp3) is 0.250. The van der Waals surface area contributed by atoms with Gasteiger partial charge in [-0.2, -0.15) is 0 Å². The van der Waals surface area contributed by atoms with Crippen LogP contribution in [0.25, 0.3) is 11.1 Å². The van der Waals surface area contributed by atoms with Crippen molar-refractivity contribution in [2.45, 2.75) is 6.42 Å². The Kier molecular flexibility index (Phi) is 6.49. The Labute approximate surface area is 138 Å². The van der Waals surface area contributed by atoms with E-state index in [4.69, 9.17) is 13.3 Å². The van der Waals surface area contributed by atoms with Gasteiger partial charge in [0.15, 0.2) is 23.3 Å². The number of hydrogen-bond acceptors (Lipinski definition) is 3. The van der Waals surface area contributed by atoms with E-state index in [-0.39, 0.29) is 11.1 Å². The number of halogens is 4. The standard InChI is InChI=1S/C16H15F4O3Si/c1-21-24(22-2)23-8-7-10-3-5-11(6-4-10)12-9-13(17)15(19)16(20)14(12)18/h3-6,9H,7-8H2,1-2H3. The van der Waals surface area contributed by atoms with Crippen molar-refractivity contribution < 1.29 is 30.8 Å². The summed E-state index contributed by atoms with van der Waals surface area (Å²) < 4.78 is 68.7. The second-order valence-electron chi connectivity index (χ2n) is 4.80. The Bertz CT molecular complexity index is 691. The lowest BCUT2D eigenvalue weighted by Gasteiger charge is -2.10. The molecule has 0 amide bonds. The molecule has 0 fully saturated rings. The first kappa shape index (κ1) is 18.6. The summed E-state index contributed by atoms with van der Waals surface area (Å²) in [4.78, 5) is 0. The van der Waals surface area contributed by atoms with Gasteiger partial charge in [-0.05, 0) is 23.6 Å². The van der Waals surface area contributed by atoms with Crippen LogP contribution in [0.5, 0.6) is 0 Å². The molecule has 0 bridgehead atoms. The fourth-order valence-corrected chi connectivity index (χ4v) is 2.76. The lowest BCUT2D eigenvalue weighted by molar-refractivity contribution is 0.137. The highest BCUT2D eigenvalue weighted by molar-refractivity contribution is 6.36. The molecule has 2 rings (SSSR count). The second kappa shape index (κ2) is 8.38. The van der Waals surface area contributed by atoms with Gasteiger partial charge in [-0.3, -0.25) is 0 Å². The molecule has 24 heavy (non-hydrogen) atoms. The highest BCUT2D eigenvalue weighted by atomic mass is 28.3. The fourth-order valence-electron chi connectivity index (χ4n) is 2.09. The predicted molar refractivity (Wildman–Crippen MR) is 81.1 cm³/mol. The first-order chi connectivity index (χ1) is 11.5. The smallest absolute Gasteiger partial charge is 0.375 e. The molecule has 0 aliphatic heterocycles. The normalized spacial score (nSPS) is 11.3. The molecule has 0 aliphatic carbocycles. The van der Waals surface area contributed by atoms with E-state index < -0.39 is 32.8 Å². The van der Waals surface area contributed by atoms with Crippen LogP contribution in [0, 0.1) is 23.3 Å². The molecular weight excluding hydrogens is 344 g/mol. The summed E-state index contributed by atoms with van der Waals surface area (Å²) >= 11 is 0. The molecule has 0 heterocycles. The van der Waals surface area contributed by atoms with E-state index in [0.717, 1.165) is 5.56 Å². The van der Waals surface area contributed by atoms with Crippen LogP contribution in [0.2, 0.25) is 0 Å². The van der Waals surface area contributed by atoms with Crippen molar-refractivity contribution in [2.24, 2.45) is 0 Å². The highest BCUT2D eigenvalue weighted by Gasteiger charge is 2.19. The molecule has 2 aromatic rings. The molecule has 0 atom stereocenters. The maximum atomic E-state index is 13.8. The van der Waals surface area contributed by atoms with Crippen molar-refractivity contribution in [3.05, 3.63) is 59.2 Å². The minimum Gasteiger partial charge on any atom is -0.375 e. The summed E-state index contributed by atoms with van der Waals surface area (Å²) in [5.74, 6) is -6.50. The van der Waals surface area contributed by atoms with Crippen molar-refractivity contribution in [1.82, 2.24) is 0 Å². The maximum Gasteiger partial charge on any atom is 0.577 e. The van der Waals surface area contributed by atoms with Crippen LogP contribution in [-0.2, 0) is 19.7 Å². The quantitative estimate of drug-likeness (QED) is 0.326. The Balaban J connectivity index is 2.10. The maximum absolute atomic E-state index is 13.8.